The second-order valence-electron chi connectivity index (χ2n) is 10.8. The number of Topliss-reactive ketones (excluding diaryl/α,β-unsaturated/α-hetero) is 2. The van der Waals surface area contributed by atoms with E-state index in [-0.39, 0.29) is 18.6 Å². The quantitative estimate of drug-likeness (QED) is 0.569. The number of allylic oxidation sites excluding steroid dienone is 4. The number of hydrogen-bond donors (Lipinski definition) is 3. The van der Waals surface area contributed by atoms with Crippen LogP contribution >= 0.6 is 0 Å². The molecule has 1 unspecified atom stereocenters. The molecule has 3 saturated carbocycles. The number of carbonyl (C=O) groups excluding carboxylic acids is 3. The second-order valence-corrected chi connectivity index (χ2v) is 10.8. The number of rotatable bonds is 4. The van der Waals surface area contributed by atoms with Gasteiger partial charge in [0.25, 0.3) is 0 Å². The summed E-state index contributed by atoms with van der Waals surface area (Å²) in [6.45, 7) is 6.60. The topological polar surface area (TPSA) is 112 Å². The molecule has 0 bridgehead atoms. The van der Waals surface area contributed by atoms with Gasteiger partial charge in [-0.1, -0.05) is 32.4 Å². The predicted molar refractivity (Wildman–Crippen MR) is 114 cm³/mol. The Morgan fingerprint density at radius 2 is 1.94 bits per heavy atom. The lowest BCUT2D eigenvalue weighted by molar-refractivity contribution is -0.220. The minimum absolute atomic E-state index is 0.0468. The number of alkyl halides is 1. The van der Waals surface area contributed by atoms with Crippen LogP contribution in [0.3, 0.4) is 0 Å². The van der Waals surface area contributed by atoms with Crippen molar-refractivity contribution < 1.29 is 34.1 Å². The van der Waals surface area contributed by atoms with E-state index in [1.54, 1.807) is 26.8 Å². The summed E-state index contributed by atoms with van der Waals surface area (Å²) < 4.78 is 17.1. The Hall–Kier alpha value is -1.70. The first-order valence-corrected chi connectivity index (χ1v) is 11.6. The van der Waals surface area contributed by atoms with E-state index in [4.69, 9.17) is 0 Å². The smallest absolute Gasteiger partial charge is 0.201 e. The number of ketones is 3. The molecule has 3 N–H and O–H groups in total. The van der Waals surface area contributed by atoms with E-state index in [0.717, 1.165) is 0 Å². The summed E-state index contributed by atoms with van der Waals surface area (Å²) >= 11 is 0. The van der Waals surface area contributed by atoms with E-state index >= 15 is 4.39 Å². The lowest BCUT2D eigenvalue weighted by Gasteiger charge is -2.62. The average Bonchev–Trinajstić information content (AvgIpc) is 2.95. The van der Waals surface area contributed by atoms with E-state index in [1.165, 1.54) is 19.1 Å². The van der Waals surface area contributed by atoms with Crippen molar-refractivity contribution in [3.8, 4) is 0 Å². The highest BCUT2D eigenvalue weighted by Crippen LogP contribution is 2.70. The molecule has 32 heavy (non-hydrogen) atoms. The van der Waals surface area contributed by atoms with Crippen LogP contribution in [0.2, 0.25) is 0 Å². The molecular formula is C25H33FO6. The summed E-state index contributed by atoms with van der Waals surface area (Å²) in [7, 11) is 0. The van der Waals surface area contributed by atoms with Gasteiger partial charge >= 0.3 is 0 Å². The first-order valence-electron chi connectivity index (χ1n) is 11.6. The Bertz CT molecular complexity index is 941. The van der Waals surface area contributed by atoms with Gasteiger partial charge in [-0.05, 0) is 56.6 Å². The molecule has 0 aromatic carbocycles. The molecule has 0 aliphatic heterocycles. The average molecular weight is 449 g/mol. The molecule has 4 aliphatic rings. The van der Waals surface area contributed by atoms with Crippen molar-refractivity contribution in [1.82, 2.24) is 0 Å². The highest BCUT2D eigenvalue weighted by Gasteiger charge is 2.76. The molecule has 3 fully saturated rings. The third kappa shape index (κ3) is 2.59. The fourth-order valence-electron chi connectivity index (χ4n) is 7.62. The monoisotopic (exact) mass is 448 g/mol. The number of aliphatic hydroxyl groups is 3. The Labute approximate surface area is 187 Å². The van der Waals surface area contributed by atoms with Crippen LogP contribution in [0.15, 0.2) is 23.8 Å². The van der Waals surface area contributed by atoms with E-state index in [0.29, 0.717) is 24.8 Å². The van der Waals surface area contributed by atoms with Gasteiger partial charge in [0.05, 0.1) is 6.10 Å². The molecule has 9 atom stereocenters. The van der Waals surface area contributed by atoms with Crippen LogP contribution in [0.5, 0.6) is 0 Å². The molecule has 176 valence electrons. The summed E-state index contributed by atoms with van der Waals surface area (Å²) in [6.07, 6.45) is 1.90. The molecule has 0 spiro atoms. The second kappa shape index (κ2) is 7.15. The largest absolute Gasteiger partial charge is 0.390 e. The van der Waals surface area contributed by atoms with Crippen molar-refractivity contribution >= 4 is 17.3 Å². The Morgan fingerprint density at radius 1 is 1.28 bits per heavy atom. The highest BCUT2D eigenvalue weighted by molar-refractivity contribution is 6.09. The summed E-state index contributed by atoms with van der Waals surface area (Å²) in [4.78, 5) is 37.2. The molecule has 0 radical (unpaired) electrons. The van der Waals surface area contributed by atoms with Gasteiger partial charge in [-0.25, -0.2) is 4.39 Å². The zero-order chi connectivity index (χ0) is 23.9. The van der Waals surface area contributed by atoms with Gasteiger partial charge in [0.15, 0.2) is 23.3 Å². The molecule has 0 aromatic rings. The maximum atomic E-state index is 17.1. The maximum absolute atomic E-state index is 17.1. The number of carbonyl (C=O) groups is 3. The molecule has 4 aliphatic carbocycles. The van der Waals surface area contributed by atoms with Gasteiger partial charge < -0.3 is 15.3 Å². The van der Waals surface area contributed by atoms with Crippen molar-refractivity contribution in [1.29, 1.82) is 0 Å². The lowest BCUT2D eigenvalue weighted by Crippen LogP contribution is -2.70. The van der Waals surface area contributed by atoms with Gasteiger partial charge in [-0.15, -0.1) is 0 Å². The molecule has 0 heterocycles. The summed E-state index contributed by atoms with van der Waals surface area (Å²) in [6, 6.07) is 0. The third-order valence-electron chi connectivity index (χ3n) is 9.50. The highest BCUT2D eigenvalue weighted by atomic mass is 19.1. The van der Waals surface area contributed by atoms with Crippen molar-refractivity contribution in [3.05, 3.63) is 23.8 Å². The van der Waals surface area contributed by atoms with Crippen LogP contribution in [-0.2, 0) is 14.4 Å². The van der Waals surface area contributed by atoms with E-state index in [9.17, 15) is 29.7 Å². The zero-order valence-corrected chi connectivity index (χ0v) is 19.1. The first kappa shape index (κ1) is 23.5. The normalized spacial score (nSPS) is 48.4. The molecule has 0 saturated heterocycles. The van der Waals surface area contributed by atoms with Gasteiger partial charge in [0.1, 0.15) is 5.60 Å². The van der Waals surface area contributed by atoms with Crippen LogP contribution in [0, 0.1) is 28.6 Å². The Kier molecular flexibility index (Phi) is 5.24. The number of halogens is 1. The molecule has 7 heteroatoms. The van der Waals surface area contributed by atoms with Crippen molar-refractivity contribution in [2.75, 3.05) is 0 Å². The standard InChI is InChI=1S/C25H33FO6/c1-5-18(28)20(30)21(31)25(32)13(2)10-17-16-7-6-14-11-15(27)8-9-22(14,3)24(16,26)19(29)12-23(17,25)4/h8-9,11,13,16-17,19-20,29-30,32H,5-7,10,12H2,1-4H3/t13-,16+,17+,19+,20?,22+,23+,24+,25+/m1/s1. The fraction of sp³-hybridized carbons (Fsp3) is 0.720. The maximum Gasteiger partial charge on any atom is 0.201 e. The fourth-order valence-corrected chi connectivity index (χ4v) is 7.62. The molecule has 4 rings (SSSR count). The van der Waals surface area contributed by atoms with Crippen LogP contribution < -0.4 is 0 Å². The van der Waals surface area contributed by atoms with Gasteiger partial charge in [-0.2, -0.15) is 0 Å². The number of hydrogen-bond acceptors (Lipinski definition) is 6. The minimum Gasteiger partial charge on any atom is -0.390 e. The van der Waals surface area contributed by atoms with E-state index in [1.807, 2.05) is 0 Å². The molecule has 0 aromatic heterocycles. The summed E-state index contributed by atoms with van der Waals surface area (Å²) in [5.74, 6) is -3.53. The predicted octanol–water partition coefficient (Wildman–Crippen LogP) is 2.24. The van der Waals surface area contributed by atoms with Crippen molar-refractivity contribution in [2.24, 2.45) is 28.6 Å². The summed E-state index contributed by atoms with van der Waals surface area (Å²) in [5, 5.41) is 33.4. The first-order chi connectivity index (χ1) is 14.8. The van der Waals surface area contributed by atoms with Crippen LogP contribution in [-0.4, -0.2) is 56.1 Å². The van der Waals surface area contributed by atoms with Gasteiger partial charge in [-0.3, -0.25) is 14.4 Å². The van der Waals surface area contributed by atoms with Crippen LogP contribution in [0.4, 0.5) is 4.39 Å². The third-order valence-corrected chi connectivity index (χ3v) is 9.50. The molecular weight excluding hydrogens is 415 g/mol. The van der Waals surface area contributed by atoms with Crippen molar-refractivity contribution in [3.63, 3.8) is 0 Å². The Balaban J connectivity index is 1.79. The van der Waals surface area contributed by atoms with Crippen molar-refractivity contribution in [2.45, 2.75) is 83.3 Å². The molecule has 6 nitrogen and oxygen atoms in total. The van der Waals surface area contributed by atoms with Gasteiger partial charge in [0, 0.05) is 23.2 Å². The van der Waals surface area contributed by atoms with E-state index in [2.05, 4.69) is 0 Å². The number of fused-ring (bicyclic) bond motifs is 5. The SMILES string of the molecule is CCC(=O)C(O)C(=O)[C@@]1(O)[C@H](C)C[C@H]2[C@@H]3CCC4=CC(=O)C=C[C@]4(C)[C@@]3(F)[C@@H](O)C[C@@]21C. The van der Waals surface area contributed by atoms with E-state index < -0.39 is 63.6 Å². The van der Waals surface area contributed by atoms with Crippen LogP contribution in [0.1, 0.15) is 59.8 Å². The molecule has 0 amide bonds. The number of aliphatic hydroxyl groups excluding tert-OH is 2. The Morgan fingerprint density at radius 3 is 2.56 bits per heavy atom. The lowest BCUT2D eigenvalue weighted by atomic mass is 9.44. The van der Waals surface area contributed by atoms with Gasteiger partial charge in [0.2, 0.25) is 5.78 Å². The zero-order valence-electron chi connectivity index (χ0n) is 19.1. The van der Waals surface area contributed by atoms with Crippen LogP contribution in [0.25, 0.3) is 0 Å². The summed E-state index contributed by atoms with van der Waals surface area (Å²) in [5.41, 5.74) is -5.82. The minimum atomic E-state index is -2.07.